The lowest BCUT2D eigenvalue weighted by atomic mass is 10.1. The molecule has 0 fully saturated rings. The largest absolute Gasteiger partial charge is 0.322 e. The van der Waals surface area contributed by atoms with E-state index in [2.05, 4.69) is 10.0 Å². The summed E-state index contributed by atoms with van der Waals surface area (Å²) in [6, 6.07) is 17.4. The monoisotopic (exact) mass is 434 g/mol. The minimum absolute atomic E-state index is 0.118. The van der Waals surface area contributed by atoms with Crippen molar-refractivity contribution in [2.45, 2.75) is 11.8 Å². The van der Waals surface area contributed by atoms with Gasteiger partial charge < -0.3 is 5.32 Å². The van der Waals surface area contributed by atoms with Crippen LogP contribution in [-0.2, 0) is 10.0 Å². The van der Waals surface area contributed by atoms with Gasteiger partial charge in [0.1, 0.15) is 0 Å². The highest BCUT2D eigenvalue weighted by atomic mass is 35.5. The Kier molecular flexibility index (Phi) is 5.93. The SMILES string of the molecule is Cc1cc(Cl)ccc1NC(=O)c1cc(NS(=O)(=O)c2ccccc2)ccc1Cl. The van der Waals surface area contributed by atoms with E-state index in [1.807, 2.05) is 6.92 Å². The van der Waals surface area contributed by atoms with Crippen LogP contribution in [0.4, 0.5) is 11.4 Å². The maximum absolute atomic E-state index is 12.7. The molecular weight excluding hydrogens is 419 g/mol. The summed E-state index contributed by atoms with van der Waals surface area (Å²) in [6.45, 7) is 1.81. The molecule has 0 aliphatic carbocycles. The quantitative estimate of drug-likeness (QED) is 0.567. The van der Waals surface area contributed by atoms with Crippen molar-refractivity contribution in [3.8, 4) is 0 Å². The lowest BCUT2D eigenvalue weighted by Gasteiger charge is -2.12. The Balaban J connectivity index is 1.86. The smallest absolute Gasteiger partial charge is 0.261 e. The fraction of sp³-hybridized carbons (Fsp3) is 0.0500. The molecule has 144 valence electrons. The molecule has 2 N–H and O–H groups in total. The zero-order valence-electron chi connectivity index (χ0n) is 14.7. The Labute approximate surface area is 173 Å². The van der Waals surface area contributed by atoms with Gasteiger partial charge in [0.05, 0.1) is 15.5 Å². The van der Waals surface area contributed by atoms with Gasteiger partial charge in [-0.2, -0.15) is 0 Å². The summed E-state index contributed by atoms with van der Waals surface area (Å²) in [5.74, 6) is -0.462. The van der Waals surface area contributed by atoms with Gasteiger partial charge >= 0.3 is 0 Å². The van der Waals surface area contributed by atoms with Crippen LogP contribution in [0.1, 0.15) is 15.9 Å². The molecule has 3 rings (SSSR count). The van der Waals surface area contributed by atoms with Crippen LogP contribution in [0.25, 0.3) is 0 Å². The van der Waals surface area contributed by atoms with Gasteiger partial charge in [-0.1, -0.05) is 41.4 Å². The normalized spacial score (nSPS) is 11.1. The van der Waals surface area contributed by atoms with E-state index in [1.165, 1.54) is 30.3 Å². The van der Waals surface area contributed by atoms with Gasteiger partial charge in [-0.15, -0.1) is 0 Å². The summed E-state index contributed by atoms with van der Waals surface area (Å²) in [7, 11) is -3.78. The lowest BCUT2D eigenvalue weighted by molar-refractivity contribution is 0.102. The predicted octanol–water partition coefficient (Wildman–Crippen LogP) is 5.35. The van der Waals surface area contributed by atoms with Crippen molar-refractivity contribution in [3.63, 3.8) is 0 Å². The van der Waals surface area contributed by atoms with E-state index in [0.29, 0.717) is 10.7 Å². The molecule has 0 spiro atoms. The van der Waals surface area contributed by atoms with Gasteiger partial charge in [0.15, 0.2) is 0 Å². The fourth-order valence-corrected chi connectivity index (χ4v) is 4.03. The molecule has 0 radical (unpaired) electrons. The number of halogens is 2. The highest BCUT2D eigenvalue weighted by Crippen LogP contribution is 2.25. The molecule has 0 heterocycles. The number of hydrogen-bond donors (Lipinski definition) is 2. The van der Waals surface area contributed by atoms with Crippen LogP contribution in [0.15, 0.2) is 71.6 Å². The minimum Gasteiger partial charge on any atom is -0.322 e. The van der Waals surface area contributed by atoms with Gasteiger partial charge in [0.2, 0.25) is 0 Å². The third kappa shape index (κ3) is 4.65. The highest BCUT2D eigenvalue weighted by molar-refractivity contribution is 7.92. The Morgan fingerprint density at radius 3 is 2.32 bits per heavy atom. The zero-order chi connectivity index (χ0) is 20.3. The van der Waals surface area contributed by atoms with Gasteiger partial charge in [-0.05, 0) is 61.0 Å². The van der Waals surface area contributed by atoms with Crippen LogP contribution in [0, 0.1) is 6.92 Å². The number of sulfonamides is 1. The Morgan fingerprint density at radius 2 is 1.64 bits per heavy atom. The summed E-state index contributed by atoms with van der Waals surface area (Å²) in [5.41, 5.74) is 1.74. The minimum atomic E-state index is -3.78. The standard InChI is InChI=1S/C20H16Cl2N2O3S/c1-13-11-14(21)7-10-19(13)23-20(25)17-12-15(8-9-18(17)22)24-28(26,27)16-5-3-2-4-6-16/h2-12,24H,1H3,(H,23,25). The molecule has 0 aromatic heterocycles. The van der Waals surface area contributed by atoms with Crippen molar-refractivity contribution in [2.75, 3.05) is 10.0 Å². The van der Waals surface area contributed by atoms with Crippen LogP contribution in [-0.4, -0.2) is 14.3 Å². The van der Waals surface area contributed by atoms with Crippen LogP contribution in [0.3, 0.4) is 0 Å². The average Bonchev–Trinajstić information content (AvgIpc) is 2.66. The van der Waals surface area contributed by atoms with Crippen LogP contribution in [0.2, 0.25) is 10.0 Å². The first kappa shape index (κ1) is 20.2. The number of anilines is 2. The molecule has 0 saturated carbocycles. The first-order valence-corrected chi connectivity index (χ1v) is 10.4. The number of amides is 1. The molecule has 0 aliphatic rings. The number of rotatable bonds is 5. The molecule has 0 aliphatic heterocycles. The van der Waals surface area contributed by atoms with Gasteiger partial charge in [-0.25, -0.2) is 8.42 Å². The zero-order valence-corrected chi connectivity index (χ0v) is 17.1. The van der Waals surface area contributed by atoms with Gasteiger partial charge in [-0.3, -0.25) is 9.52 Å². The summed E-state index contributed by atoms with van der Waals surface area (Å²) >= 11 is 12.1. The first-order chi connectivity index (χ1) is 13.3. The van der Waals surface area contributed by atoms with Crippen molar-refractivity contribution in [2.24, 2.45) is 0 Å². The van der Waals surface area contributed by atoms with E-state index in [-0.39, 0.29) is 21.2 Å². The molecule has 1 amide bonds. The Morgan fingerprint density at radius 1 is 0.929 bits per heavy atom. The van der Waals surface area contributed by atoms with Crippen LogP contribution in [0.5, 0.6) is 0 Å². The molecule has 5 nitrogen and oxygen atoms in total. The third-order valence-corrected chi connectivity index (χ3v) is 5.92. The number of hydrogen-bond acceptors (Lipinski definition) is 3. The Bertz CT molecular complexity index is 1130. The number of aryl methyl sites for hydroxylation is 1. The van der Waals surface area contributed by atoms with Crippen molar-refractivity contribution in [3.05, 3.63) is 87.9 Å². The maximum atomic E-state index is 12.7. The second-order valence-corrected chi connectivity index (χ2v) is 8.55. The van der Waals surface area contributed by atoms with E-state index in [9.17, 15) is 13.2 Å². The van der Waals surface area contributed by atoms with E-state index in [1.54, 1.807) is 36.4 Å². The van der Waals surface area contributed by atoms with Crippen molar-refractivity contribution >= 4 is 50.5 Å². The predicted molar refractivity (Wildman–Crippen MR) is 113 cm³/mol. The van der Waals surface area contributed by atoms with Gasteiger partial charge in [0.25, 0.3) is 15.9 Å². The molecule has 0 unspecified atom stereocenters. The third-order valence-electron chi connectivity index (χ3n) is 3.95. The highest BCUT2D eigenvalue weighted by Gasteiger charge is 2.17. The second kappa shape index (κ2) is 8.22. The topological polar surface area (TPSA) is 75.3 Å². The number of nitrogens with one attached hydrogen (secondary N) is 2. The van der Waals surface area contributed by atoms with Crippen molar-refractivity contribution < 1.29 is 13.2 Å². The van der Waals surface area contributed by atoms with E-state index in [0.717, 1.165) is 5.56 Å². The summed E-state index contributed by atoms with van der Waals surface area (Å²) in [5, 5.41) is 3.52. The molecular formula is C20H16Cl2N2O3S. The fourth-order valence-electron chi connectivity index (χ4n) is 2.53. The molecule has 28 heavy (non-hydrogen) atoms. The Hall–Kier alpha value is -2.54. The summed E-state index contributed by atoms with van der Waals surface area (Å²) in [6.07, 6.45) is 0. The molecule has 0 bridgehead atoms. The van der Waals surface area contributed by atoms with Crippen LogP contribution < -0.4 is 10.0 Å². The molecule has 3 aromatic carbocycles. The number of carbonyl (C=O) groups excluding carboxylic acids is 1. The number of carbonyl (C=O) groups is 1. The van der Waals surface area contributed by atoms with E-state index < -0.39 is 15.9 Å². The first-order valence-electron chi connectivity index (χ1n) is 8.21. The lowest BCUT2D eigenvalue weighted by Crippen LogP contribution is -2.16. The molecule has 8 heteroatoms. The van der Waals surface area contributed by atoms with Crippen molar-refractivity contribution in [1.29, 1.82) is 0 Å². The van der Waals surface area contributed by atoms with E-state index >= 15 is 0 Å². The molecule has 3 aromatic rings. The number of benzene rings is 3. The molecule has 0 atom stereocenters. The van der Waals surface area contributed by atoms with Gasteiger partial charge in [0, 0.05) is 16.4 Å². The maximum Gasteiger partial charge on any atom is 0.261 e. The van der Waals surface area contributed by atoms with Crippen LogP contribution >= 0.6 is 23.2 Å². The molecule has 0 saturated heterocycles. The summed E-state index contributed by atoms with van der Waals surface area (Å²) in [4.78, 5) is 12.8. The van der Waals surface area contributed by atoms with E-state index in [4.69, 9.17) is 23.2 Å². The summed E-state index contributed by atoms with van der Waals surface area (Å²) < 4.78 is 27.4. The average molecular weight is 435 g/mol. The second-order valence-electron chi connectivity index (χ2n) is 6.03. The van der Waals surface area contributed by atoms with Crippen molar-refractivity contribution in [1.82, 2.24) is 0 Å².